The molecule has 7 nitrogen and oxygen atoms in total. The minimum Gasteiger partial charge on any atom is -0.460 e. The molecule has 0 N–H and O–H groups in total. The van der Waals surface area contributed by atoms with E-state index in [0.29, 0.717) is 19.4 Å². The summed E-state index contributed by atoms with van der Waals surface area (Å²) in [6.07, 6.45) is 0.952. The van der Waals surface area contributed by atoms with E-state index in [1.807, 2.05) is 0 Å². The summed E-state index contributed by atoms with van der Waals surface area (Å²) < 4.78 is 34.7. The summed E-state index contributed by atoms with van der Waals surface area (Å²) >= 11 is 0. The Morgan fingerprint density at radius 1 is 1.25 bits per heavy atom. The highest BCUT2D eigenvalue weighted by atomic mass is 32.2. The molecule has 0 bridgehead atoms. The number of ether oxygens (including phenoxy) is 2. The molecule has 0 aromatic carbocycles. The summed E-state index contributed by atoms with van der Waals surface area (Å²) in [5.41, 5.74) is 0. The Morgan fingerprint density at radius 3 is 2.50 bits per heavy atom. The molecule has 1 fully saturated rings. The molecule has 0 heterocycles. The molecule has 0 aliphatic heterocycles. The molecule has 0 radical (unpaired) electrons. The number of methoxy groups -OCH3 is 1. The molecule has 1 saturated carbocycles. The third kappa shape index (κ3) is 6.10. The average molecular weight is 356 g/mol. The van der Waals surface area contributed by atoms with Crippen LogP contribution in [0.1, 0.15) is 39.0 Å². The molecule has 1 rings (SSSR count). The topological polar surface area (TPSA) is 78.4 Å². The lowest BCUT2D eigenvalue weighted by atomic mass is 9.91. The third-order valence-electron chi connectivity index (χ3n) is 4.12. The van der Waals surface area contributed by atoms with Crippen LogP contribution in [0.25, 0.3) is 9.69 Å². The lowest BCUT2D eigenvalue weighted by Crippen LogP contribution is -2.37. The number of carbonyl (C=O) groups is 1. The highest BCUT2D eigenvalue weighted by molar-refractivity contribution is 7.92. The summed E-state index contributed by atoms with van der Waals surface area (Å²) in [5.74, 6) is -0.538. The lowest BCUT2D eigenvalue weighted by Gasteiger charge is -2.23. The molecule has 24 heavy (non-hydrogen) atoms. The van der Waals surface area contributed by atoms with Gasteiger partial charge in [-0.3, -0.25) is 4.79 Å². The molecule has 8 heteroatoms. The van der Waals surface area contributed by atoms with E-state index < -0.39 is 33.1 Å². The van der Waals surface area contributed by atoms with Crippen molar-refractivity contribution in [1.29, 1.82) is 0 Å². The Morgan fingerprint density at radius 2 is 1.92 bits per heavy atom. The minimum atomic E-state index is -3.37. The number of esters is 1. The molecule has 0 aromatic rings. The second kappa shape index (κ2) is 9.61. The van der Waals surface area contributed by atoms with E-state index in [2.05, 4.69) is 9.69 Å². The molecule has 4 unspecified atom stereocenters. The zero-order valence-corrected chi connectivity index (χ0v) is 14.9. The van der Waals surface area contributed by atoms with Crippen LogP contribution in [0.2, 0.25) is 0 Å². The Kier molecular flexibility index (Phi) is 8.17. The van der Waals surface area contributed by atoms with Gasteiger partial charge in [0.1, 0.15) is 6.10 Å². The van der Waals surface area contributed by atoms with Crippen molar-refractivity contribution in [3.8, 4) is 0 Å². The van der Waals surface area contributed by atoms with Crippen LogP contribution in [-0.2, 0) is 24.1 Å². The van der Waals surface area contributed by atoms with Crippen LogP contribution in [0.5, 0.6) is 0 Å². The first kappa shape index (κ1) is 20.4. The van der Waals surface area contributed by atoms with Crippen LogP contribution < -0.4 is 0 Å². The molecular weight excluding hydrogens is 332 g/mol. The van der Waals surface area contributed by atoms with Crippen molar-refractivity contribution >= 4 is 15.8 Å². The second-order valence-electron chi connectivity index (χ2n) is 6.05. The monoisotopic (exact) mass is 356 g/mol. The first-order chi connectivity index (χ1) is 11.3. The van der Waals surface area contributed by atoms with E-state index in [4.69, 9.17) is 22.6 Å². The Labute approximate surface area is 143 Å². The van der Waals surface area contributed by atoms with Gasteiger partial charge >= 0.3 is 5.97 Å². The van der Waals surface area contributed by atoms with Crippen molar-refractivity contribution < 1.29 is 22.7 Å². The molecular formula is C16H24N2O5S. The van der Waals surface area contributed by atoms with Crippen LogP contribution in [-0.4, -0.2) is 57.3 Å². The quantitative estimate of drug-likeness (QED) is 0.490. The molecule has 134 valence electrons. The number of rotatable bonds is 8. The molecule has 4 atom stereocenters. The van der Waals surface area contributed by atoms with E-state index in [1.165, 1.54) is 7.11 Å². The van der Waals surface area contributed by atoms with Crippen LogP contribution in [0.4, 0.5) is 0 Å². The maximum atomic E-state index is 12.4. The number of hydrogen-bond acceptors (Lipinski definition) is 5. The van der Waals surface area contributed by atoms with Gasteiger partial charge in [0, 0.05) is 26.4 Å². The summed E-state index contributed by atoms with van der Waals surface area (Å²) in [5, 5.41) is -0.585. The van der Waals surface area contributed by atoms with Gasteiger partial charge in [-0.2, -0.15) is 0 Å². The van der Waals surface area contributed by atoms with Gasteiger partial charge in [0.15, 0.2) is 9.84 Å². The van der Waals surface area contributed by atoms with Crippen LogP contribution in [0, 0.1) is 13.1 Å². The normalized spacial score (nSPS) is 25.2. The summed E-state index contributed by atoms with van der Waals surface area (Å²) in [7, 11) is -1.86. The first-order valence-corrected chi connectivity index (χ1v) is 9.68. The fraction of sp³-hybridized carbons (Fsp3) is 0.812. The Bertz CT molecular complexity index is 605. The highest BCUT2D eigenvalue weighted by Gasteiger charge is 2.43. The molecule has 0 aromatic heterocycles. The van der Waals surface area contributed by atoms with Crippen LogP contribution in [0.3, 0.4) is 0 Å². The fourth-order valence-corrected chi connectivity index (χ4v) is 4.71. The Hall–Kier alpha value is -1.64. The maximum Gasteiger partial charge on any atom is 0.306 e. The minimum absolute atomic E-state index is 0.0386. The largest absolute Gasteiger partial charge is 0.460 e. The third-order valence-corrected chi connectivity index (χ3v) is 6.42. The lowest BCUT2D eigenvalue weighted by molar-refractivity contribution is -0.150. The van der Waals surface area contributed by atoms with Gasteiger partial charge in [-0.25, -0.2) is 21.6 Å². The zero-order chi connectivity index (χ0) is 18.2. The van der Waals surface area contributed by atoms with Gasteiger partial charge in [-0.05, 0) is 19.8 Å². The average Bonchev–Trinajstić information content (AvgIpc) is 2.54. The van der Waals surface area contributed by atoms with Crippen LogP contribution >= 0.6 is 0 Å². The van der Waals surface area contributed by atoms with Gasteiger partial charge in [0.25, 0.3) is 12.1 Å². The van der Waals surface area contributed by atoms with E-state index in [-0.39, 0.29) is 31.1 Å². The van der Waals surface area contributed by atoms with Gasteiger partial charge in [-0.1, -0.05) is 0 Å². The van der Waals surface area contributed by atoms with Crippen molar-refractivity contribution in [1.82, 2.24) is 0 Å². The summed E-state index contributed by atoms with van der Waals surface area (Å²) in [6, 6.07) is -0.943. The van der Waals surface area contributed by atoms with E-state index in [0.717, 1.165) is 0 Å². The number of hydrogen-bond donors (Lipinski definition) is 0. The predicted octanol–water partition coefficient (Wildman–Crippen LogP) is 1.89. The van der Waals surface area contributed by atoms with Gasteiger partial charge in [-0.15, -0.1) is 0 Å². The van der Waals surface area contributed by atoms with E-state index in [9.17, 15) is 13.2 Å². The van der Waals surface area contributed by atoms with Crippen LogP contribution in [0.15, 0.2) is 0 Å². The molecule has 0 spiro atoms. The van der Waals surface area contributed by atoms with Crippen molar-refractivity contribution in [3.63, 3.8) is 0 Å². The maximum absolute atomic E-state index is 12.4. The summed E-state index contributed by atoms with van der Waals surface area (Å²) in [4.78, 5) is 18.4. The molecule has 1 aliphatic carbocycles. The fourth-order valence-electron chi connectivity index (χ4n) is 2.85. The van der Waals surface area contributed by atoms with E-state index >= 15 is 0 Å². The van der Waals surface area contributed by atoms with Crippen molar-refractivity contribution in [2.75, 3.05) is 19.5 Å². The first-order valence-electron chi connectivity index (χ1n) is 7.97. The summed E-state index contributed by atoms with van der Waals surface area (Å²) in [6.45, 7) is 16.2. The van der Waals surface area contributed by atoms with Gasteiger partial charge in [0.2, 0.25) is 0 Å². The standard InChI is InChI=1S/C16H24N2O5S/c1-12(11-22-4)23-16(19)6-5-9-24(20,21)13-7-8-14(17-2)15(10-13)18-3/h12-15H,5-11H2,1,4H3. The van der Waals surface area contributed by atoms with Crippen molar-refractivity contribution in [2.24, 2.45) is 0 Å². The Balaban J connectivity index is 2.46. The van der Waals surface area contributed by atoms with Crippen molar-refractivity contribution in [3.05, 3.63) is 22.8 Å². The molecule has 0 amide bonds. The highest BCUT2D eigenvalue weighted by Crippen LogP contribution is 2.29. The zero-order valence-electron chi connectivity index (χ0n) is 14.1. The van der Waals surface area contributed by atoms with E-state index in [1.54, 1.807) is 6.92 Å². The van der Waals surface area contributed by atoms with Gasteiger partial charge < -0.3 is 19.2 Å². The number of carbonyl (C=O) groups excluding carboxylic acids is 1. The second-order valence-corrected chi connectivity index (χ2v) is 8.45. The van der Waals surface area contributed by atoms with Gasteiger partial charge in [0.05, 0.1) is 17.6 Å². The number of nitrogens with zero attached hydrogens (tertiary/aromatic N) is 2. The predicted molar refractivity (Wildman–Crippen MR) is 88.9 cm³/mol. The SMILES string of the molecule is [C-]#[N+]C1CCC(S(=O)(=O)CCCC(=O)OC(C)COC)CC1[N+]#[C-]. The smallest absolute Gasteiger partial charge is 0.306 e. The number of sulfone groups is 1. The van der Waals surface area contributed by atoms with Crippen molar-refractivity contribution in [2.45, 2.75) is 62.5 Å². The molecule has 0 saturated heterocycles. The molecule has 1 aliphatic rings.